The minimum absolute atomic E-state index is 0.00658. The van der Waals surface area contributed by atoms with Crippen LogP contribution in [0.4, 0.5) is 10.1 Å². The monoisotopic (exact) mass is 377 g/mol. The van der Waals surface area contributed by atoms with Gasteiger partial charge in [0.1, 0.15) is 12.4 Å². The molecule has 1 unspecified atom stereocenters. The minimum atomic E-state index is -0.228. The molecule has 0 radical (unpaired) electrons. The van der Waals surface area contributed by atoms with Crippen LogP contribution >= 0.6 is 15.9 Å². The van der Waals surface area contributed by atoms with Crippen LogP contribution in [-0.4, -0.2) is 18.5 Å². The number of nitrogens with one attached hydrogen (secondary N) is 2. The van der Waals surface area contributed by atoms with Gasteiger partial charge < -0.3 is 10.2 Å². The summed E-state index contributed by atoms with van der Waals surface area (Å²) in [5, 5.41) is 2.94. The Morgan fingerprint density at radius 1 is 1.22 bits per heavy atom. The third-order valence-corrected chi connectivity index (χ3v) is 4.49. The zero-order valence-electron chi connectivity index (χ0n) is 12.7. The zero-order chi connectivity index (χ0) is 16.2. The highest BCUT2D eigenvalue weighted by Crippen LogP contribution is 2.17. The fraction of sp³-hybridized carbons (Fsp3) is 0.278. The van der Waals surface area contributed by atoms with Crippen LogP contribution in [0.3, 0.4) is 0 Å². The van der Waals surface area contributed by atoms with Gasteiger partial charge in [0, 0.05) is 28.6 Å². The number of quaternary nitrogens is 1. The van der Waals surface area contributed by atoms with Gasteiger partial charge >= 0.3 is 0 Å². The molecule has 2 aromatic carbocycles. The second-order valence-electron chi connectivity index (χ2n) is 5.97. The van der Waals surface area contributed by atoms with Crippen LogP contribution in [0.5, 0.6) is 0 Å². The van der Waals surface area contributed by atoms with E-state index in [-0.39, 0.29) is 11.7 Å². The second-order valence-corrected chi connectivity index (χ2v) is 6.89. The van der Waals surface area contributed by atoms with Gasteiger partial charge in [0.05, 0.1) is 6.04 Å². The van der Waals surface area contributed by atoms with E-state index in [9.17, 15) is 9.18 Å². The summed E-state index contributed by atoms with van der Waals surface area (Å²) in [6, 6.07) is 14.6. The number of benzene rings is 2. The molecule has 2 N–H and O–H groups in total. The summed E-state index contributed by atoms with van der Waals surface area (Å²) in [7, 11) is 0. The number of carbonyl (C=O) groups is 1. The molecule has 1 aliphatic rings. The molecule has 3 nitrogen and oxygen atoms in total. The Morgan fingerprint density at radius 3 is 2.61 bits per heavy atom. The molecule has 1 atom stereocenters. The fourth-order valence-corrected chi connectivity index (χ4v) is 3.08. The molecule has 1 aliphatic carbocycles. The number of carbonyl (C=O) groups excluding carboxylic acids is 1. The van der Waals surface area contributed by atoms with Crippen molar-refractivity contribution in [2.24, 2.45) is 0 Å². The molecule has 0 bridgehead atoms. The van der Waals surface area contributed by atoms with Gasteiger partial charge in [-0.1, -0.05) is 34.1 Å². The normalized spacial score (nSPS) is 15.2. The maximum Gasteiger partial charge on any atom is 0.279 e. The first-order valence-electron chi connectivity index (χ1n) is 7.74. The summed E-state index contributed by atoms with van der Waals surface area (Å²) in [5.41, 5.74) is 1.85. The van der Waals surface area contributed by atoms with Crippen LogP contribution in [0.25, 0.3) is 0 Å². The van der Waals surface area contributed by atoms with E-state index in [0.29, 0.717) is 12.6 Å². The van der Waals surface area contributed by atoms with E-state index in [0.717, 1.165) is 35.1 Å². The van der Waals surface area contributed by atoms with Crippen LogP contribution in [0.15, 0.2) is 53.0 Å². The topological polar surface area (TPSA) is 33.5 Å². The Balaban J connectivity index is 1.60. The van der Waals surface area contributed by atoms with Crippen LogP contribution in [0.2, 0.25) is 0 Å². The van der Waals surface area contributed by atoms with Crippen LogP contribution < -0.4 is 10.2 Å². The van der Waals surface area contributed by atoms with Crippen LogP contribution in [-0.2, 0) is 11.3 Å². The van der Waals surface area contributed by atoms with E-state index < -0.39 is 0 Å². The highest BCUT2D eigenvalue weighted by molar-refractivity contribution is 9.10. The maximum atomic E-state index is 13.0. The minimum Gasteiger partial charge on any atom is -0.321 e. The lowest BCUT2D eigenvalue weighted by atomic mass is 10.2. The van der Waals surface area contributed by atoms with Gasteiger partial charge in [-0.2, -0.15) is 0 Å². The van der Waals surface area contributed by atoms with Crippen molar-refractivity contribution in [2.75, 3.05) is 11.9 Å². The van der Waals surface area contributed by atoms with Gasteiger partial charge in [-0.15, -0.1) is 0 Å². The smallest absolute Gasteiger partial charge is 0.279 e. The molecule has 120 valence electrons. The fourth-order valence-electron chi connectivity index (χ4n) is 2.68. The molecule has 1 amide bonds. The molecule has 23 heavy (non-hydrogen) atoms. The maximum absolute atomic E-state index is 13.0. The average molecular weight is 378 g/mol. The Morgan fingerprint density at radius 2 is 1.96 bits per heavy atom. The van der Waals surface area contributed by atoms with E-state index >= 15 is 0 Å². The molecular weight excluding hydrogens is 359 g/mol. The summed E-state index contributed by atoms with van der Waals surface area (Å²) >= 11 is 3.40. The van der Waals surface area contributed by atoms with E-state index in [2.05, 4.69) is 21.2 Å². The van der Waals surface area contributed by atoms with Crippen molar-refractivity contribution in [1.29, 1.82) is 0 Å². The summed E-state index contributed by atoms with van der Waals surface area (Å²) in [6.45, 7) is 1.17. The summed E-state index contributed by atoms with van der Waals surface area (Å²) < 4.78 is 13.9. The lowest BCUT2D eigenvalue weighted by Crippen LogP contribution is -3.13. The number of hydrogen-bond donors (Lipinski definition) is 2. The Bertz CT molecular complexity index is 686. The molecule has 0 aliphatic heterocycles. The van der Waals surface area contributed by atoms with Crippen molar-refractivity contribution in [3.05, 3.63) is 64.4 Å². The van der Waals surface area contributed by atoms with Crippen molar-refractivity contribution in [3.8, 4) is 0 Å². The number of rotatable bonds is 6. The molecule has 5 heteroatoms. The van der Waals surface area contributed by atoms with E-state index in [1.807, 2.05) is 24.3 Å². The van der Waals surface area contributed by atoms with Crippen molar-refractivity contribution in [1.82, 2.24) is 0 Å². The largest absolute Gasteiger partial charge is 0.321 e. The first-order chi connectivity index (χ1) is 11.1. The molecule has 3 rings (SSSR count). The first kappa shape index (κ1) is 16.1. The molecule has 2 aromatic rings. The van der Waals surface area contributed by atoms with Crippen LogP contribution in [0.1, 0.15) is 18.4 Å². The lowest BCUT2D eigenvalue weighted by Gasteiger charge is -2.19. The molecule has 0 heterocycles. The summed E-state index contributed by atoms with van der Waals surface area (Å²) in [5.74, 6) is -0.221. The van der Waals surface area contributed by atoms with E-state index in [1.54, 1.807) is 12.1 Å². The number of amides is 1. The molecule has 1 fully saturated rings. The number of anilines is 1. The van der Waals surface area contributed by atoms with Crippen molar-refractivity contribution < 1.29 is 14.1 Å². The quantitative estimate of drug-likeness (QED) is 0.797. The summed E-state index contributed by atoms with van der Waals surface area (Å²) in [4.78, 5) is 13.5. The predicted octanol–water partition coefficient (Wildman–Crippen LogP) is 2.77. The number of hydrogen-bond acceptors (Lipinski definition) is 1. The van der Waals surface area contributed by atoms with Crippen molar-refractivity contribution >= 4 is 27.5 Å². The zero-order valence-corrected chi connectivity index (χ0v) is 14.3. The third-order valence-electron chi connectivity index (χ3n) is 4.00. The van der Waals surface area contributed by atoms with Gasteiger partial charge in [0.15, 0.2) is 6.54 Å². The van der Waals surface area contributed by atoms with Gasteiger partial charge in [-0.05, 0) is 30.3 Å². The predicted molar refractivity (Wildman–Crippen MR) is 91.7 cm³/mol. The Kier molecular flexibility index (Phi) is 5.08. The standard InChI is InChI=1S/C18H18BrFN2O/c19-14-2-1-3-16(10-14)21-18(23)12-22(17-8-9-17)11-13-4-6-15(20)7-5-13/h1-7,10,17H,8-9,11-12H2,(H,21,23)/p+1. The van der Waals surface area contributed by atoms with Gasteiger partial charge in [-0.3, -0.25) is 4.79 Å². The molecule has 1 saturated carbocycles. The SMILES string of the molecule is O=C(C[NH+](Cc1ccc(F)cc1)C1CC1)Nc1cccc(Br)c1. The third kappa shape index (κ3) is 4.88. The van der Waals surface area contributed by atoms with Gasteiger partial charge in [0.25, 0.3) is 5.91 Å². The van der Waals surface area contributed by atoms with Crippen molar-refractivity contribution in [2.45, 2.75) is 25.4 Å². The average Bonchev–Trinajstić information content (AvgIpc) is 3.33. The van der Waals surface area contributed by atoms with E-state index in [1.165, 1.54) is 17.0 Å². The second kappa shape index (κ2) is 7.23. The van der Waals surface area contributed by atoms with E-state index in [4.69, 9.17) is 0 Å². The highest BCUT2D eigenvalue weighted by Gasteiger charge is 2.34. The molecular formula is C18H19BrFN2O+. The van der Waals surface area contributed by atoms with Gasteiger partial charge in [-0.25, -0.2) is 4.39 Å². The lowest BCUT2D eigenvalue weighted by molar-refractivity contribution is -0.916. The van der Waals surface area contributed by atoms with Crippen molar-refractivity contribution in [3.63, 3.8) is 0 Å². The Labute approximate surface area is 143 Å². The highest BCUT2D eigenvalue weighted by atomic mass is 79.9. The first-order valence-corrected chi connectivity index (χ1v) is 8.54. The Hall–Kier alpha value is -1.72. The van der Waals surface area contributed by atoms with Gasteiger partial charge in [0.2, 0.25) is 0 Å². The summed E-state index contributed by atoms with van der Waals surface area (Å²) in [6.07, 6.45) is 2.31. The number of halogens is 2. The van der Waals surface area contributed by atoms with Crippen LogP contribution in [0, 0.1) is 5.82 Å². The molecule has 0 aromatic heterocycles. The molecule has 0 saturated heterocycles. The molecule has 0 spiro atoms.